The minimum Gasteiger partial charge on any atom is -0.341 e. The molecule has 0 aliphatic carbocycles. The Hall–Kier alpha value is -2.09. The highest BCUT2D eigenvalue weighted by Crippen LogP contribution is 2.36. The van der Waals surface area contributed by atoms with Crippen molar-refractivity contribution in [1.82, 2.24) is 0 Å². The minimum atomic E-state index is 0.634. The van der Waals surface area contributed by atoms with Crippen LogP contribution in [0.4, 0.5) is 11.4 Å². The highest BCUT2D eigenvalue weighted by atomic mass is 16.1. The SMILES string of the molecule is Cc1cc(C=O)ccc1N1CC(C)Cc2ccccc21. The van der Waals surface area contributed by atoms with E-state index in [0.717, 1.165) is 30.4 Å². The molecule has 0 amide bonds. The molecule has 1 aliphatic rings. The normalized spacial score (nSPS) is 17.7. The summed E-state index contributed by atoms with van der Waals surface area (Å²) in [6.07, 6.45) is 2.04. The van der Waals surface area contributed by atoms with Gasteiger partial charge in [-0.1, -0.05) is 25.1 Å². The number of rotatable bonds is 2. The Kier molecular flexibility index (Phi) is 3.31. The number of nitrogens with zero attached hydrogens (tertiary/aromatic N) is 1. The van der Waals surface area contributed by atoms with Gasteiger partial charge in [0, 0.05) is 23.5 Å². The quantitative estimate of drug-likeness (QED) is 0.761. The van der Waals surface area contributed by atoms with Crippen molar-refractivity contribution < 1.29 is 4.79 Å². The number of aldehydes is 1. The summed E-state index contributed by atoms with van der Waals surface area (Å²) in [5, 5.41) is 0. The Bertz CT molecular complexity index is 648. The Labute approximate surface area is 120 Å². The monoisotopic (exact) mass is 265 g/mol. The third kappa shape index (κ3) is 2.22. The van der Waals surface area contributed by atoms with Gasteiger partial charge in [-0.2, -0.15) is 0 Å². The molecule has 1 atom stereocenters. The molecule has 0 bridgehead atoms. The lowest BCUT2D eigenvalue weighted by Gasteiger charge is -2.35. The second kappa shape index (κ2) is 5.12. The molecule has 0 N–H and O–H groups in total. The number of para-hydroxylation sites is 1. The average molecular weight is 265 g/mol. The molecule has 2 nitrogen and oxygen atoms in total. The van der Waals surface area contributed by atoms with Gasteiger partial charge in [0.05, 0.1) is 0 Å². The highest BCUT2D eigenvalue weighted by Gasteiger charge is 2.23. The van der Waals surface area contributed by atoms with E-state index in [-0.39, 0.29) is 0 Å². The Morgan fingerprint density at radius 3 is 2.70 bits per heavy atom. The average Bonchev–Trinajstić information content (AvgIpc) is 2.46. The number of hydrogen-bond acceptors (Lipinski definition) is 2. The molecule has 0 saturated heterocycles. The molecule has 0 saturated carbocycles. The Morgan fingerprint density at radius 2 is 1.95 bits per heavy atom. The fourth-order valence-electron chi connectivity index (χ4n) is 3.08. The van der Waals surface area contributed by atoms with Gasteiger partial charge in [-0.25, -0.2) is 0 Å². The van der Waals surface area contributed by atoms with Crippen LogP contribution in [-0.2, 0) is 6.42 Å². The van der Waals surface area contributed by atoms with Crippen molar-refractivity contribution in [1.29, 1.82) is 0 Å². The molecule has 3 rings (SSSR count). The van der Waals surface area contributed by atoms with Crippen molar-refractivity contribution in [2.45, 2.75) is 20.3 Å². The van der Waals surface area contributed by atoms with Crippen LogP contribution < -0.4 is 4.90 Å². The summed E-state index contributed by atoms with van der Waals surface area (Å²) < 4.78 is 0. The fourth-order valence-corrected chi connectivity index (χ4v) is 3.08. The van der Waals surface area contributed by atoms with E-state index in [1.807, 2.05) is 12.1 Å². The fraction of sp³-hybridized carbons (Fsp3) is 0.278. The van der Waals surface area contributed by atoms with Crippen LogP contribution in [0.1, 0.15) is 28.4 Å². The topological polar surface area (TPSA) is 20.3 Å². The summed E-state index contributed by atoms with van der Waals surface area (Å²) in [7, 11) is 0. The summed E-state index contributed by atoms with van der Waals surface area (Å²) in [6, 6.07) is 14.5. The molecule has 102 valence electrons. The molecule has 1 unspecified atom stereocenters. The van der Waals surface area contributed by atoms with Gasteiger partial charge in [0.25, 0.3) is 0 Å². The van der Waals surface area contributed by atoms with Crippen LogP contribution in [0.15, 0.2) is 42.5 Å². The lowest BCUT2D eigenvalue weighted by Crippen LogP contribution is -2.30. The molecule has 0 spiro atoms. The van der Waals surface area contributed by atoms with Crippen molar-refractivity contribution in [2.75, 3.05) is 11.4 Å². The van der Waals surface area contributed by atoms with Crippen LogP contribution in [0.5, 0.6) is 0 Å². The second-order valence-corrected chi connectivity index (χ2v) is 5.71. The Balaban J connectivity index is 2.08. The predicted molar refractivity (Wildman–Crippen MR) is 82.9 cm³/mol. The summed E-state index contributed by atoms with van der Waals surface area (Å²) in [5.41, 5.74) is 5.80. The molecule has 2 heteroatoms. The van der Waals surface area contributed by atoms with Crippen molar-refractivity contribution >= 4 is 17.7 Å². The molecule has 20 heavy (non-hydrogen) atoms. The smallest absolute Gasteiger partial charge is 0.150 e. The molecule has 0 radical (unpaired) electrons. The van der Waals surface area contributed by atoms with E-state index in [2.05, 4.69) is 49.1 Å². The van der Waals surface area contributed by atoms with Crippen LogP contribution in [0.2, 0.25) is 0 Å². The largest absolute Gasteiger partial charge is 0.341 e. The summed E-state index contributed by atoms with van der Waals surface area (Å²) in [5.74, 6) is 0.634. The molecule has 2 aromatic rings. The molecule has 0 aromatic heterocycles. The van der Waals surface area contributed by atoms with Crippen LogP contribution in [-0.4, -0.2) is 12.8 Å². The summed E-state index contributed by atoms with van der Waals surface area (Å²) in [6.45, 7) is 5.39. The van der Waals surface area contributed by atoms with Crippen molar-refractivity contribution in [3.8, 4) is 0 Å². The third-order valence-corrected chi connectivity index (χ3v) is 3.99. The number of carbonyl (C=O) groups excluding carboxylic acids is 1. The first-order valence-corrected chi connectivity index (χ1v) is 7.10. The van der Waals surface area contributed by atoms with Gasteiger partial charge < -0.3 is 4.90 Å². The number of benzene rings is 2. The van der Waals surface area contributed by atoms with Gasteiger partial charge in [0.15, 0.2) is 0 Å². The van der Waals surface area contributed by atoms with E-state index in [1.54, 1.807) is 0 Å². The number of anilines is 2. The first-order valence-electron chi connectivity index (χ1n) is 7.10. The second-order valence-electron chi connectivity index (χ2n) is 5.71. The van der Waals surface area contributed by atoms with E-state index < -0.39 is 0 Å². The Morgan fingerprint density at radius 1 is 1.15 bits per heavy atom. The number of aryl methyl sites for hydroxylation is 1. The summed E-state index contributed by atoms with van der Waals surface area (Å²) >= 11 is 0. The maximum Gasteiger partial charge on any atom is 0.150 e. The standard InChI is InChI=1S/C18H19NO/c1-13-9-16-5-3-4-6-18(16)19(11-13)17-8-7-15(12-20)10-14(17)2/h3-8,10,12-13H,9,11H2,1-2H3. The lowest BCUT2D eigenvalue weighted by atomic mass is 9.93. The number of hydrogen-bond donors (Lipinski definition) is 0. The molecule has 0 fully saturated rings. The first-order chi connectivity index (χ1) is 9.69. The zero-order chi connectivity index (χ0) is 14.1. The van der Waals surface area contributed by atoms with Gasteiger partial charge in [0.2, 0.25) is 0 Å². The van der Waals surface area contributed by atoms with Gasteiger partial charge >= 0.3 is 0 Å². The van der Waals surface area contributed by atoms with Gasteiger partial charge in [-0.05, 0) is 54.7 Å². The molecule has 2 aromatic carbocycles. The minimum absolute atomic E-state index is 0.634. The van der Waals surface area contributed by atoms with Crippen molar-refractivity contribution in [3.63, 3.8) is 0 Å². The van der Waals surface area contributed by atoms with E-state index in [9.17, 15) is 4.79 Å². The van der Waals surface area contributed by atoms with Gasteiger partial charge in [0.1, 0.15) is 6.29 Å². The van der Waals surface area contributed by atoms with Crippen LogP contribution >= 0.6 is 0 Å². The van der Waals surface area contributed by atoms with Crippen molar-refractivity contribution in [3.05, 3.63) is 59.2 Å². The van der Waals surface area contributed by atoms with Gasteiger partial charge in [-0.3, -0.25) is 4.79 Å². The zero-order valence-electron chi connectivity index (χ0n) is 12.0. The van der Waals surface area contributed by atoms with Crippen LogP contribution in [0.3, 0.4) is 0 Å². The maximum absolute atomic E-state index is 10.9. The van der Waals surface area contributed by atoms with Gasteiger partial charge in [-0.15, -0.1) is 0 Å². The predicted octanol–water partition coefficient (Wildman–Crippen LogP) is 4.14. The zero-order valence-corrected chi connectivity index (χ0v) is 12.0. The number of fused-ring (bicyclic) bond motifs is 1. The maximum atomic E-state index is 10.9. The van der Waals surface area contributed by atoms with Crippen LogP contribution in [0.25, 0.3) is 0 Å². The van der Waals surface area contributed by atoms with E-state index in [0.29, 0.717) is 5.92 Å². The van der Waals surface area contributed by atoms with E-state index in [4.69, 9.17) is 0 Å². The van der Waals surface area contributed by atoms with Crippen molar-refractivity contribution in [2.24, 2.45) is 5.92 Å². The highest BCUT2D eigenvalue weighted by molar-refractivity contribution is 5.78. The third-order valence-electron chi connectivity index (χ3n) is 3.99. The lowest BCUT2D eigenvalue weighted by molar-refractivity contribution is 0.112. The van der Waals surface area contributed by atoms with E-state index in [1.165, 1.54) is 16.9 Å². The molecule has 1 aliphatic heterocycles. The first kappa shape index (κ1) is 12.9. The van der Waals surface area contributed by atoms with E-state index >= 15 is 0 Å². The van der Waals surface area contributed by atoms with Crippen LogP contribution in [0, 0.1) is 12.8 Å². The molecular formula is C18H19NO. The number of carbonyl (C=O) groups is 1. The molecular weight excluding hydrogens is 246 g/mol. The molecule has 1 heterocycles. The summed E-state index contributed by atoms with van der Waals surface area (Å²) in [4.78, 5) is 13.3.